The SMILES string of the molecule is CCS(=O)(=O)CCC(NC(=O)c1cc(C)nc2ccc(F)cc12)C(=O)O. The minimum absolute atomic E-state index is 0.0802. The monoisotopic (exact) mass is 382 g/mol. The van der Waals surface area contributed by atoms with E-state index in [1.165, 1.54) is 25.1 Å². The van der Waals surface area contributed by atoms with Crippen LogP contribution in [0.25, 0.3) is 10.9 Å². The Hall–Kier alpha value is -2.55. The van der Waals surface area contributed by atoms with E-state index < -0.39 is 33.6 Å². The number of carbonyl (C=O) groups excluding carboxylic acids is 1. The van der Waals surface area contributed by atoms with Gasteiger partial charge in [-0.2, -0.15) is 0 Å². The minimum atomic E-state index is -3.37. The number of nitrogens with zero attached hydrogens (tertiary/aromatic N) is 1. The van der Waals surface area contributed by atoms with Crippen molar-refractivity contribution in [3.63, 3.8) is 0 Å². The fraction of sp³-hybridized carbons (Fsp3) is 0.353. The number of sulfone groups is 1. The molecule has 1 aromatic heterocycles. The molecule has 1 heterocycles. The molecule has 9 heteroatoms. The van der Waals surface area contributed by atoms with E-state index in [9.17, 15) is 27.5 Å². The van der Waals surface area contributed by atoms with Crippen LogP contribution in [0.1, 0.15) is 29.4 Å². The third-order valence-electron chi connectivity index (χ3n) is 3.90. The zero-order valence-corrected chi connectivity index (χ0v) is 15.1. The summed E-state index contributed by atoms with van der Waals surface area (Å²) in [6.45, 7) is 3.12. The molecule has 0 aliphatic rings. The van der Waals surface area contributed by atoms with Crippen molar-refractivity contribution in [3.05, 3.63) is 41.3 Å². The molecule has 0 spiro atoms. The molecule has 1 aromatic carbocycles. The Morgan fingerprint density at radius 1 is 1.31 bits per heavy atom. The van der Waals surface area contributed by atoms with Crippen molar-refractivity contribution >= 4 is 32.6 Å². The third-order valence-corrected chi connectivity index (χ3v) is 5.64. The van der Waals surface area contributed by atoms with E-state index in [2.05, 4.69) is 10.3 Å². The second-order valence-electron chi connectivity index (χ2n) is 5.86. The van der Waals surface area contributed by atoms with Gasteiger partial charge in [0, 0.05) is 16.8 Å². The number of aromatic nitrogens is 1. The molecule has 7 nitrogen and oxygen atoms in total. The number of carboxylic acid groups (broad SMARTS) is 1. The van der Waals surface area contributed by atoms with E-state index in [1.54, 1.807) is 6.92 Å². The molecule has 2 aromatic rings. The van der Waals surface area contributed by atoms with Crippen LogP contribution in [-0.2, 0) is 14.6 Å². The Morgan fingerprint density at radius 2 is 2.00 bits per heavy atom. The summed E-state index contributed by atoms with van der Waals surface area (Å²) >= 11 is 0. The summed E-state index contributed by atoms with van der Waals surface area (Å²) in [5.41, 5.74) is 0.989. The van der Waals surface area contributed by atoms with Crippen LogP contribution in [0.2, 0.25) is 0 Å². The highest BCUT2D eigenvalue weighted by Crippen LogP contribution is 2.20. The van der Waals surface area contributed by atoms with Crippen molar-refractivity contribution in [3.8, 4) is 0 Å². The van der Waals surface area contributed by atoms with E-state index in [1.807, 2.05) is 0 Å². The Labute approximate surface area is 150 Å². The molecule has 0 saturated carbocycles. The van der Waals surface area contributed by atoms with Crippen LogP contribution in [0.15, 0.2) is 24.3 Å². The summed E-state index contributed by atoms with van der Waals surface area (Å²) in [6, 6.07) is 3.84. The molecule has 0 fully saturated rings. The number of aliphatic carboxylic acids is 1. The van der Waals surface area contributed by atoms with E-state index in [0.29, 0.717) is 11.2 Å². The maximum absolute atomic E-state index is 13.5. The fourth-order valence-electron chi connectivity index (χ4n) is 2.45. The second-order valence-corrected chi connectivity index (χ2v) is 8.33. The summed E-state index contributed by atoms with van der Waals surface area (Å²) in [4.78, 5) is 28.1. The highest BCUT2D eigenvalue weighted by molar-refractivity contribution is 7.91. The maximum atomic E-state index is 13.5. The van der Waals surface area contributed by atoms with E-state index in [4.69, 9.17) is 0 Å². The van der Waals surface area contributed by atoms with Gasteiger partial charge in [-0.05, 0) is 37.6 Å². The average Bonchev–Trinajstić information content (AvgIpc) is 2.57. The lowest BCUT2D eigenvalue weighted by Gasteiger charge is -2.15. The number of carboxylic acids is 1. The van der Waals surface area contributed by atoms with E-state index in [-0.39, 0.29) is 28.9 Å². The predicted octanol–water partition coefficient (Wildman–Crippen LogP) is 1.69. The third kappa shape index (κ3) is 4.75. The molecule has 26 heavy (non-hydrogen) atoms. The topological polar surface area (TPSA) is 113 Å². The van der Waals surface area contributed by atoms with Crippen molar-refractivity contribution in [2.75, 3.05) is 11.5 Å². The van der Waals surface area contributed by atoms with Crippen LogP contribution < -0.4 is 5.32 Å². The molecule has 1 amide bonds. The number of hydrogen-bond donors (Lipinski definition) is 2. The zero-order valence-electron chi connectivity index (χ0n) is 14.3. The number of hydrogen-bond acceptors (Lipinski definition) is 5. The number of benzene rings is 1. The van der Waals surface area contributed by atoms with Crippen molar-refractivity contribution in [1.82, 2.24) is 10.3 Å². The van der Waals surface area contributed by atoms with E-state index >= 15 is 0 Å². The lowest BCUT2D eigenvalue weighted by molar-refractivity contribution is -0.139. The Kier molecular flexibility index (Phi) is 5.91. The van der Waals surface area contributed by atoms with Gasteiger partial charge in [-0.25, -0.2) is 17.6 Å². The summed E-state index contributed by atoms with van der Waals surface area (Å²) in [5.74, 6) is -3.09. The smallest absolute Gasteiger partial charge is 0.326 e. The first-order valence-electron chi connectivity index (χ1n) is 7.94. The highest BCUT2D eigenvalue weighted by Gasteiger charge is 2.24. The lowest BCUT2D eigenvalue weighted by Crippen LogP contribution is -2.42. The average molecular weight is 382 g/mol. The van der Waals surface area contributed by atoms with Gasteiger partial charge in [-0.1, -0.05) is 6.92 Å². The number of amides is 1. The van der Waals surface area contributed by atoms with Crippen LogP contribution in [0.5, 0.6) is 0 Å². The zero-order chi connectivity index (χ0) is 19.5. The lowest BCUT2D eigenvalue weighted by atomic mass is 10.1. The van der Waals surface area contributed by atoms with Crippen LogP contribution in [0, 0.1) is 12.7 Å². The summed E-state index contributed by atoms with van der Waals surface area (Å²) in [6.07, 6.45) is -0.256. The van der Waals surface area contributed by atoms with E-state index in [0.717, 1.165) is 6.07 Å². The number of carbonyl (C=O) groups is 2. The standard InChI is InChI=1S/C17H19FN2O5S/c1-3-26(24,25)7-6-15(17(22)23)20-16(21)13-8-10(2)19-14-5-4-11(18)9-12(13)14/h4-5,8-9,15H,3,6-7H2,1-2H3,(H,20,21)(H,22,23). The van der Waals surface area contributed by atoms with Gasteiger partial charge in [-0.3, -0.25) is 9.78 Å². The number of aryl methyl sites for hydroxylation is 1. The van der Waals surface area contributed by atoms with Gasteiger partial charge < -0.3 is 10.4 Å². The highest BCUT2D eigenvalue weighted by atomic mass is 32.2. The first-order chi connectivity index (χ1) is 12.1. The van der Waals surface area contributed by atoms with Gasteiger partial charge in [0.05, 0.1) is 16.8 Å². The van der Waals surface area contributed by atoms with Gasteiger partial charge >= 0.3 is 5.97 Å². The Balaban J connectivity index is 2.31. The fourth-order valence-corrected chi connectivity index (χ4v) is 3.34. The minimum Gasteiger partial charge on any atom is -0.480 e. The summed E-state index contributed by atoms with van der Waals surface area (Å²) in [7, 11) is -3.37. The molecule has 1 atom stereocenters. The summed E-state index contributed by atoms with van der Waals surface area (Å²) in [5, 5.41) is 11.8. The second kappa shape index (κ2) is 7.77. The predicted molar refractivity (Wildman–Crippen MR) is 94.3 cm³/mol. The molecular formula is C17H19FN2O5S. The molecular weight excluding hydrogens is 363 g/mol. The molecule has 140 valence electrons. The van der Waals surface area contributed by atoms with Gasteiger partial charge in [0.25, 0.3) is 5.91 Å². The van der Waals surface area contributed by atoms with Crippen LogP contribution in [0.3, 0.4) is 0 Å². The Morgan fingerprint density at radius 3 is 2.62 bits per heavy atom. The molecule has 0 radical (unpaired) electrons. The van der Waals surface area contributed by atoms with Gasteiger partial charge in [0.1, 0.15) is 21.7 Å². The van der Waals surface area contributed by atoms with Crippen LogP contribution in [0.4, 0.5) is 4.39 Å². The molecule has 0 aliphatic heterocycles. The van der Waals surface area contributed by atoms with Crippen molar-refractivity contribution in [2.24, 2.45) is 0 Å². The number of fused-ring (bicyclic) bond motifs is 1. The largest absolute Gasteiger partial charge is 0.480 e. The van der Waals surface area contributed by atoms with Crippen LogP contribution >= 0.6 is 0 Å². The van der Waals surface area contributed by atoms with Crippen LogP contribution in [-0.4, -0.2) is 47.9 Å². The Bertz CT molecular complexity index is 959. The quantitative estimate of drug-likeness (QED) is 0.753. The first kappa shape index (κ1) is 19.8. The first-order valence-corrected chi connectivity index (χ1v) is 9.76. The molecule has 1 unspecified atom stereocenters. The molecule has 2 rings (SSSR count). The van der Waals surface area contributed by atoms with Gasteiger partial charge in [0.15, 0.2) is 0 Å². The summed E-state index contributed by atoms with van der Waals surface area (Å²) < 4.78 is 36.7. The number of nitrogens with one attached hydrogen (secondary N) is 1. The van der Waals surface area contributed by atoms with Crippen molar-refractivity contribution in [1.29, 1.82) is 0 Å². The number of rotatable bonds is 7. The maximum Gasteiger partial charge on any atom is 0.326 e. The number of pyridine rings is 1. The molecule has 0 saturated heterocycles. The molecule has 2 N–H and O–H groups in total. The van der Waals surface area contributed by atoms with Gasteiger partial charge in [-0.15, -0.1) is 0 Å². The van der Waals surface area contributed by atoms with Crippen molar-refractivity contribution < 1.29 is 27.5 Å². The van der Waals surface area contributed by atoms with Gasteiger partial charge in [0.2, 0.25) is 0 Å². The normalized spacial score (nSPS) is 12.7. The number of halogens is 1. The molecule has 0 bridgehead atoms. The van der Waals surface area contributed by atoms with Crippen molar-refractivity contribution in [2.45, 2.75) is 26.3 Å². The molecule has 0 aliphatic carbocycles.